The first-order valence-corrected chi connectivity index (χ1v) is 14.8. The number of hydrogen-bond acceptors (Lipinski definition) is 5. The van der Waals surface area contributed by atoms with Crippen LogP contribution in [-0.2, 0) is 27.7 Å². The van der Waals surface area contributed by atoms with Gasteiger partial charge in [0, 0.05) is 23.2 Å². The molecule has 4 aromatic carbocycles. The molecule has 0 aliphatic heterocycles. The maximum absolute atomic E-state index is 13.1. The number of nitrogens with one attached hydrogen (secondary N) is 2. The van der Waals surface area contributed by atoms with E-state index in [-0.39, 0.29) is 22.8 Å². The molecule has 0 aliphatic carbocycles. The van der Waals surface area contributed by atoms with E-state index < -0.39 is 22.1 Å². The van der Waals surface area contributed by atoms with E-state index in [0.717, 1.165) is 30.5 Å². The van der Waals surface area contributed by atoms with Crippen LogP contribution in [0.15, 0.2) is 102 Å². The highest BCUT2D eigenvalue weighted by atomic mass is 35.5. The molecule has 3 N–H and O–H groups in total. The summed E-state index contributed by atoms with van der Waals surface area (Å²) in [5.74, 6) is -0.826. The first kappa shape index (κ1) is 29.0. The van der Waals surface area contributed by atoms with Crippen LogP contribution in [-0.4, -0.2) is 25.6 Å². The lowest BCUT2D eigenvalue weighted by Crippen LogP contribution is -2.29. The Morgan fingerprint density at radius 3 is 2.25 bits per heavy atom. The van der Waals surface area contributed by atoms with Crippen LogP contribution in [0.1, 0.15) is 30.9 Å². The zero-order chi connectivity index (χ0) is 28.5. The van der Waals surface area contributed by atoms with Crippen molar-refractivity contribution in [2.75, 3.05) is 10.0 Å². The lowest BCUT2D eigenvalue weighted by molar-refractivity contribution is -0.145. The molecule has 9 heteroatoms. The molecule has 7 nitrogen and oxygen atoms in total. The molecule has 0 saturated carbocycles. The molecule has 0 aliphatic rings. The zero-order valence-electron chi connectivity index (χ0n) is 22.0. The summed E-state index contributed by atoms with van der Waals surface area (Å²) in [7, 11) is -3.94. The van der Waals surface area contributed by atoms with Gasteiger partial charge in [0.05, 0.1) is 16.3 Å². The molecule has 0 radical (unpaired) electrons. The van der Waals surface area contributed by atoms with Crippen molar-refractivity contribution >= 4 is 44.7 Å². The fraction of sp³-hybridized carbons (Fsp3) is 0.194. The molecule has 0 saturated heterocycles. The first-order valence-electron chi connectivity index (χ1n) is 13.0. The molecule has 0 bridgehead atoms. The van der Waals surface area contributed by atoms with E-state index in [2.05, 4.69) is 17.0 Å². The molecule has 0 aromatic heterocycles. The maximum Gasteiger partial charge on any atom is 0.345 e. The summed E-state index contributed by atoms with van der Waals surface area (Å²) in [5, 5.41) is 13.5. The van der Waals surface area contributed by atoms with Crippen LogP contribution in [0.2, 0.25) is 5.02 Å². The van der Waals surface area contributed by atoms with Gasteiger partial charge in [-0.15, -0.1) is 0 Å². The zero-order valence-corrected chi connectivity index (χ0v) is 23.6. The van der Waals surface area contributed by atoms with Crippen LogP contribution < -0.4 is 14.8 Å². The minimum atomic E-state index is -3.94. The van der Waals surface area contributed by atoms with Gasteiger partial charge in [-0.25, -0.2) is 13.2 Å². The number of unbranched alkanes of at least 4 members (excludes halogenated alkanes) is 1. The molecule has 40 heavy (non-hydrogen) atoms. The average molecular weight is 579 g/mol. The van der Waals surface area contributed by atoms with Crippen molar-refractivity contribution < 1.29 is 23.1 Å². The van der Waals surface area contributed by atoms with Crippen LogP contribution in [0.4, 0.5) is 17.1 Å². The van der Waals surface area contributed by atoms with E-state index in [1.807, 2.05) is 54.6 Å². The lowest BCUT2D eigenvalue weighted by Gasteiger charge is -2.19. The fourth-order valence-corrected chi connectivity index (χ4v) is 5.28. The van der Waals surface area contributed by atoms with E-state index >= 15 is 0 Å². The van der Waals surface area contributed by atoms with Gasteiger partial charge >= 0.3 is 5.97 Å². The van der Waals surface area contributed by atoms with E-state index in [1.54, 1.807) is 18.2 Å². The molecule has 0 spiro atoms. The number of sulfonamides is 1. The monoisotopic (exact) mass is 578 g/mol. The van der Waals surface area contributed by atoms with Gasteiger partial charge in [-0.1, -0.05) is 67.4 Å². The van der Waals surface area contributed by atoms with Crippen LogP contribution in [0, 0.1) is 0 Å². The van der Waals surface area contributed by atoms with Gasteiger partial charge in [-0.2, -0.15) is 0 Å². The Balaban J connectivity index is 1.63. The number of carboxylic acid groups (broad SMARTS) is 1. The third-order valence-electron chi connectivity index (χ3n) is 6.23. The van der Waals surface area contributed by atoms with Crippen molar-refractivity contribution in [1.82, 2.24) is 0 Å². The van der Waals surface area contributed by atoms with E-state index in [4.69, 9.17) is 16.3 Å². The standard InChI is InChI=1S/C31H31ClN2O5S/c1-2-3-7-22-10-14-25(15-11-22)33-29-21-26(39-30(31(35)36)20-23-8-5-4-6-9-23)16-19-28(29)34-40(37,38)27-17-12-24(32)13-18-27/h4-6,8-19,21,30,33-34H,2-3,7,20H2,1H3,(H,35,36). The fourth-order valence-electron chi connectivity index (χ4n) is 4.07. The highest BCUT2D eigenvalue weighted by Gasteiger charge is 2.22. The number of aryl methyl sites for hydroxylation is 1. The van der Waals surface area contributed by atoms with Crippen LogP contribution in [0.25, 0.3) is 0 Å². The molecule has 4 rings (SSSR count). The number of carboxylic acids is 1. The van der Waals surface area contributed by atoms with Crippen LogP contribution >= 0.6 is 11.6 Å². The highest BCUT2D eigenvalue weighted by Crippen LogP contribution is 2.33. The van der Waals surface area contributed by atoms with Crippen molar-refractivity contribution in [2.45, 2.75) is 43.6 Å². The summed E-state index contributed by atoms with van der Waals surface area (Å²) in [5.41, 5.74) is 3.44. The van der Waals surface area contributed by atoms with Gasteiger partial charge in [0.1, 0.15) is 5.75 Å². The van der Waals surface area contributed by atoms with Crippen molar-refractivity contribution in [1.29, 1.82) is 0 Å². The quantitative estimate of drug-likeness (QED) is 0.154. The molecule has 4 aromatic rings. The van der Waals surface area contributed by atoms with E-state index in [1.165, 1.54) is 29.8 Å². The van der Waals surface area contributed by atoms with Gasteiger partial charge in [0.25, 0.3) is 10.0 Å². The maximum atomic E-state index is 13.1. The molecule has 0 amide bonds. The second-order valence-corrected chi connectivity index (χ2v) is 11.4. The summed E-state index contributed by atoms with van der Waals surface area (Å²) < 4.78 is 34.7. The van der Waals surface area contributed by atoms with Crippen LogP contribution in [0.3, 0.4) is 0 Å². The molecular formula is C31H31ClN2O5S. The minimum absolute atomic E-state index is 0.0530. The normalized spacial score (nSPS) is 11.9. The van der Waals surface area contributed by atoms with Crippen molar-refractivity contribution in [3.63, 3.8) is 0 Å². The van der Waals surface area contributed by atoms with Crippen molar-refractivity contribution in [3.8, 4) is 5.75 Å². The van der Waals surface area contributed by atoms with Crippen LogP contribution in [0.5, 0.6) is 5.75 Å². The summed E-state index contributed by atoms with van der Waals surface area (Å²) in [6.45, 7) is 2.15. The molecule has 0 fully saturated rings. The minimum Gasteiger partial charge on any atom is -0.478 e. The van der Waals surface area contributed by atoms with E-state index in [0.29, 0.717) is 10.7 Å². The summed E-state index contributed by atoms with van der Waals surface area (Å²) >= 11 is 5.93. The molecule has 1 unspecified atom stereocenters. The second-order valence-electron chi connectivity index (χ2n) is 9.33. The lowest BCUT2D eigenvalue weighted by atomic mass is 10.1. The molecule has 208 valence electrons. The van der Waals surface area contributed by atoms with E-state index in [9.17, 15) is 18.3 Å². The number of rotatable bonds is 13. The first-order chi connectivity index (χ1) is 19.2. The van der Waals surface area contributed by atoms with Crippen molar-refractivity contribution in [2.24, 2.45) is 0 Å². The van der Waals surface area contributed by atoms with Crippen molar-refractivity contribution in [3.05, 3.63) is 113 Å². The Labute approximate surface area is 239 Å². The summed E-state index contributed by atoms with van der Waals surface area (Å²) in [4.78, 5) is 12.0. The molecule has 1 atom stereocenters. The largest absolute Gasteiger partial charge is 0.478 e. The SMILES string of the molecule is CCCCc1ccc(Nc2cc(OC(Cc3ccccc3)C(=O)O)ccc2NS(=O)(=O)c2ccc(Cl)cc2)cc1. The van der Waals surface area contributed by atoms with Gasteiger partial charge in [-0.3, -0.25) is 4.72 Å². The second kappa shape index (κ2) is 13.4. The Kier molecular flexibility index (Phi) is 9.69. The number of anilines is 3. The Morgan fingerprint density at radius 2 is 1.60 bits per heavy atom. The number of halogens is 1. The number of carbonyl (C=O) groups is 1. The predicted molar refractivity (Wildman–Crippen MR) is 159 cm³/mol. The number of ether oxygens (including phenoxy) is 1. The Bertz CT molecular complexity index is 1530. The number of benzene rings is 4. The van der Waals surface area contributed by atoms with Gasteiger partial charge < -0.3 is 15.2 Å². The third kappa shape index (κ3) is 8.00. The highest BCUT2D eigenvalue weighted by molar-refractivity contribution is 7.92. The Morgan fingerprint density at radius 1 is 0.900 bits per heavy atom. The average Bonchev–Trinajstić information content (AvgIpc) is 2.94. The molecule has 0 heterocycles. The summed E-state index contributed by atoms with van der Waals surface area (Å²) in [6.07, 6.45) is 2.21. The molecular weight excluding hydrogens is 548 g/mol. The summed E-state index contributed by atoms with van der Waals surface area (Å²) in [6, 6.07) is 27.6. The predicted octanol–water partition coefficient (Wildman–Crippen LogP) is 7.30. The smallest absolute Gasteiger partial charge is 0.345 e. The van der Waals surface area contributed by atoms with Gasteiger partial charge in [0.2, 0.25) is 0 Å². The number of aliphatic carboxylic acids is 1. The number of hydrogen-bond donors (Lipinski definition) is 3. The Hall–Kier alpha value is -4.01. The van der Waals surface area contributed by atoms with Gasteiger partial charge in [-0.05, 0) is 72.5 Å². The topological polar surface area (TPSA) is 105 Å². The van der Waals surface area contributed by atoms with Gasteiger partial charge in [0.15, 0.2) is 6.10 Å². The third-order valence-corrected chi connectivity index (χ3v) is 7.86.